The third kappa shape index (κ3) is 2.70. The molecule has 0 amide bonds. The highest BCUT2D eigenvalue weighted by Gasteiger charge is 2.22. The number of hydrogen-bond acceptors (Lipinski definition) is 3. The lowest BCUT2D eigenvalue weighted by Gasteiger charge is -2.08. The van der Waals surface area contributed by atoms with Crippen LogP contribution in [-0.4, -0.2) is 27.1 Å². The van der Waals surface area contributed by atoms with Crippen molar-refractivity contribution in [3.63, 3.8) is 0 Å². The van der Waals surface area contributed by atoms with E-state index in [-0.39, 0.29) is 5.69 Å². The number of pyridine rings is 1. The minimum Gasteiger partial charge on any atom is -0.493 e. The number of aromatic nitrogens is 2. The van der Waals surface area contributed by atoms with Crippen LogP contribution < -0.4 is 4.74 Å². The van der Waals surface area contributed by atoms with Crippen molar-refractivity contribution >= 4 is 27.5 Å². The SMILES string of the molecule is CCOc1ccccc1-c1nc2cc(C)c(Br)cn2c1C(=O)O. The zero-order valence-electron chi connectivity index (χ0n) is 12.7. The van der Waals surface area contributed by atoms with Gasteiger partial charge in [-0.05, 0) is 53.5 Å². The zero-order chi connectivity index (χ0) is 16.6. The number of aromatic carboxylic acids is 1. The van der Waals surface area contributed by atoms with Gasteiger partial charge in [0.2, 0.25) is 0 Å². The first kappa shape index (κ1) is 15.6. The first-order valence-corrected chi connectivity index (χ1v) is 7.96. The van der Waals surface area contributed by atoms with Crippen LogP contribution in [0.5, 0.6) is 5.75 Å². The quantitative estimate of drug-likeness (QED) is 0.744. The minimum absolute atomic E-state index is 0.118. The normalized spacial score (nSPS) is 10.9. The van der Waals surface area contributed by atoms with Crippen molar-refractivity contribution in [1.29, 1.82) is 0 Å². The monoisotopic (exact) mass is 374 g/mol. The van der Waals surface area contributed by atoms with Crippen LogP contribution in [0.3, 0.4) is 0 Å². The number of benzene rings is 1. The van der Waals surface area contributed by atoms with Gasteiger partial charge in [0.25, 0.3) is 0 Å². The van der Waals surface area contributed by atoms with Crippen molar-refractivity contribution in [3.05, 3.63) is 52.3 Å². The number of carboxylic acids is 1. The van der Waals surface area contributed by atoms with E-state index >= 15 is 0 Å². The van der Waals surface area contributed by atoms with Crippen LogP contribution in [0.1, 0.15) is 23.0 Å². The molecule has 23 heavy (non-hydrogen) atoms. The summed E-state index contributed by atoms with van der Waals surface area (Å²) in [6.07, 6.45) is 1.73. The van der Waals surface area contributed by atoms with E-state index in [1.165, 1.54) is 0 Å². The topological polar surface area (TPSA) is 63.8 Å². The lowest BCUT2D eigenvalue weighted by molar-refractivity contribution is 0.0690. The molecule has 2 aromatic heterocycles. The molecule has 6 heteroatoms. The average molecular weight is 375 g/mol. The van der Waals surface area contributed by atoms with E-state index in [1.54, 1.807) is 10.6 Å². The highest BCUT2D eigenvalue weighted by molar-refractivity contribution is 9.10. The predicted octanol–water partition coefficient (Wildman–Crippen LogP) is 4.17. The summed E-state index contributed by atoms with van der Waals surface area (Å²) >= 11 is 3.44. The minimum atomic E-state index is -1.03. The molecule has 2 heterocycles. The standard InChI is InChI=1S/C17H15BrN2O3/c1-3-23-13-7-5-4-6-11(13)15-16(17(21)22)20-9-12(18)10(2)8-14(20)19-15/h4-9H,3H2,1-2H3,(H,21,22). The summed E-state index contributed by atoms with van der Waals surface area (Å²) in [7, 11) is 0. The molecule has 118 valence electrons. The van der Waals surface area contributed by atoms with Gasteiger partial charge in [-0.2, -0.15) is 0 Å². The van der Waals surface area contributed by atoms with E-state index in [9.17, 15) is 9.90 Å². The second-order valence-corrected chi connectivity index (χ2v) is 5.93. The van der Waals surface area contributed by atoms with Crippen LogP contribution in [0.25, 0.3) is 16.9 Å². The van der Waals surface area contributed by atoms with Gasteiger partial charge in [-0.1, -0.05) is 12.1 Å². The number of nitrogens with zero attached hydrogens (tertiary/aromatic N) is 2. The lowest BCUT2D eigenvalue weighted by atomic mass is 10.1. The molecule has 0 aliphatic heterocycles. The van der Waals surface area contributed by atoms with Crippen LogP contribution in [0.4, 0.5) is 0 Å². The van der Waals surface area contributed by atoms with E-state index in [0.29, 0.717) is 29.3 Å². The number of aryl methyl sites for hydroxylation is 1. The van der Waals surface area contributed by atoms with Gasteiger partial charge in [0.1, 0.15) is 17.1 Å². The molecule has 1 N–H and O–H groups in total. The Morgan fingerprint density at radius 3 is 2.83 bits per heavy atom. The molecule has 0 saturated heterocycles. The fraction of sp³-hybridized carbons (Fsp3) is 0.176. The molecule has 0 atom stereocenters. The summed E-state index contributed by atoms with van der Waals surface area (Å²) in [6, 6.07) is 9.18. The lowest BCUT2D eigenvalue weighted by Crippen LogP contribution is -2.04. The van der Waals surface area contributed by atoms with E-state index in [4.69, 9.17) is 4.74 Å². The molecule has 5 nitrogen and oxygen atoms in total. The second kappa shape index (κ2) is 6.04. The number of imidazole rings is 1. The van der Waals surface area contributed by atoms with Crippen molar-refractivity contribution in [2.45, 2.75) is 13.8 Å². The Labute approximate surface area is 141 Å². The highest BCUT2D eigenvalue weighted by Crippen LogP contribution is 2.33. The van der Waals surface area contributed by atoms with Gasteiger partial charge in [-0.3, -0.25) is 4.40 Å². The number of para-hydroxylation sites is 1. The van der Waals surface area contributed by atoms with Crippen LogP contribution in [0.2, 0.25) is 0 Å². The third-order valence-electron chi connectivity index (χ3n) is 3.55. The Morgan fingerprint density at radius 2 is 2.13 bits per heavy atom. The third-order valence-corrected chi connectivity index (χ3v) is 4.38. The Balaban J connectivity index is 2.34. The maximum Gasteiger partial charge on any atom is 0.355 e. The molecule has 1 aromatic carbocycles. The molecule has 0 aliphatic carbocycles. The molecule has 0 aliphatic rings. The zero-order valence-corrected chi connectivity index (χ0v) is 14.3. The number of ether oxygens (including phenoxy) is 1. The van der Waals surface area contributed by atoms with Gasteiger partial charge in [0.05, 0.1) is 6.61 Å². The summed E-state index contributed by atoms with van der Waals surface area (Å²) in [5, 5.41) is 9.68. The first-order chi connectivity index (χ1) is 11.0. The molecular formula is C17H15BrN2O3. The summed E-state index contributed by atoms with van der Waals surface area (Å²) in [5.41, 5.74) is 2.77. The van der Waals surface area contributed by atoms with Crippen LogP contribution in [-0.2, 0) is 0 Å². The van der Waals surface area contributed by atoms with Gasteiger partial charge < -0.3 is 9.84 Å². The number of fused-ring (bicyclic) bond motifs is 1. The van der Waals surface area contributed by atoms with Gasteiger partial charge in [-0.15, -0.1) is 0 Å². The second-order valence-electron chi connectivity index (χ2n) is 5.08. The summed E-state index contributed by atoms with van der Waals surface area (Å²) < 4.78 is 8.03. The summed E-state index contributed by atoms with van der Waals surface area (Å²) in [6.45, 7) is 4.32. The molecule has 3 aromatic rings. The molecule has 0 radical (unpaired) electrons. The molecule has 3 rings (SSSR count). The van der Waals surface area contributed by atoms with Crippen molar-refractivity contribution in [2.24, 2.45) is 0 Å². The van der Waals surface area contributed by atoms with Gasteiger partial charge in [-0.25, -0.2) is 9.78 Å². The molecule has 0 fully saturated rings. The maximum atomic E-state index is 11.8. The van der Waals surface area contributed by atoms with Gasteiger partial charge in [0.15, 0.2) is 5.69 Å². The maximum absolute atomic E-state index is 11.8. The first-order valence-electron chi connectivity index (χ1n) is 7.16. The fourth-order valence-corrected chi connectivity index (χ4v) is 2.82. The Morgan fingerprint density at radius 1 is 1.39 bits per heavy atom. The number of rotatable bonds is 4. The van der Waals surface area contributed by atoms with E-state index in [1.807, 2.05) is 44.2 Å². The summed E-state index contributed by atoms with van der Waals surface area (Å²) in [4.78, 5) is 16.3. The van der Waals surface area contributed by atoms with Crippen LogP contribution in [0.15, 0.2) is 41.0 Å². The Kier molecular flexibility index (Phi) is 4.09. The predicted molar refractivity (Wildman–Crippen MR) is 91.2 cm³/mol. The molecule has 0 unspecified atom stereocenters. The van der Waals surface area contributed by atoms with Gasteiger partial charge in [0, 0.05) is 16.2 Å². The number of carbonyl (C=O) groups is 1. The summed E-state index contributed by atoms with van der Waals surface area (Å²) in [5.74, 6) is -0.411. The van der Waals surface area contributed by atoms with E-state index in [0.717, 1.165) is 10.0 Å². The molecule has 0 saturated carbocycles. The smallest absolute Gasteiger partial charge is 0.355 e. The van der Waals surface area contributed by atoms with Crippen LogP contribution in [0, 0.1) is 6.92 Å². The largest absolute Gasteiger partial charge is 0.493 e. The number of hydrogen-bond donors (Lipinski definition) is 1. The van der Waals surface area contributed by atoms with Crippen molar-refractivity contribution in [1.82, 2.24) is 9.38 Å². The number of carboxylic acid groups (broad SMARTS) is 1. The number of halogens is 1. The Bertz CT molecular complexity index is 902. The Hall–Kier alpha value is -2.34. The van der Waals surface area contributed by atoms with Crippen molar-refractivity contribution in [2.75, 3.05) is 6.61 Å². The van der Waals surface area contributed by atoms with Gasteiger partial charge >= 0.3 is 5.97 Å². The van der Waals surface area contributed by atoms with Crippen molar-refractivity contribution < 1.29 is 14.6 Å². The van der Waals surface area contributed by atoms with E-state index in [2.05, 4.69) is 20.9 Å². The average Bonchev–Trinajstić information content (AvgIpc) is 2.87. The molecule has 0 bridgehead atoms. The van der Waals surface area contributed by atoms with E-state index < -0.39 is 5.97 Å². The van der Waals surface area contributed by atoms with Crippen molar-refractivity contribution in [3.8, 4) is 17.0 Å². The molecular weight excluding hydrogens is 360 g/mol. The van der Waals surface area contributed by atoms with Crippen LogP contribution >= 0.6 is 15.9 Å². The molecule has 0 spiro atoms. The highest BCUT2D eigenvalue weighted by atomic mass is 79.9. The fourth-order valence-electron chi connectivity index (χ4n) is 2.50.